The Kier molecular flexibility index (Phi) is 6.35. The number of hydrogen-bond donors (Lipinski definition) is 1. The lowest BCUT2D eigenvalue weighted by Gasteiger charge is -2.14. The highest BCUT2D eigenvalue weighted by Crippen LogP contribution is 2.38. The first-order chi connectivity index (χ1) is 16.1. The molecule has 33 heavy (non-hydrogen) atoms. The number of nitrogens with one attached hydrogen (secondary N) is 1. The third-order valence-electron chi connectivity index (χ3n) is 4.54. The molecule has 0 fully saturated rings. The van der Waals surface area contributed by atoms with Gasteiger partial charge in [-0.05, 0) is 24.3 Å². The SMILES string of the molecule is COc1cc(C(=O)Nc2cccc(Oc3ccnc(-c4ccon4)n3)c2)cc(OC)c1OC. The standard InChI is InChI=1S/C23H20N4O6/c1-29-18-11-14(12-19(30-2)21(18)31-3)23(28)25-15-5-4-6-16(13-15)33-20-7-9-24-22(26-20)17-8-10-32-27-17/h4-13H,1-3H3,(H,25,28). The van der Waals surface area contributed by atoms with Gasteiger partial charge < -0.3 is 28.8 Å². The number of amides is 1. The Labute approximate surface area is 189 Å². The molecule has 0 saturated heterocycles. The van der Waals surface area contributed by atoms with E-state index in [0.717, 1.165) is 0 Å². The van der Waals surface area contributed by atoms with E-state index >= 15 is 0 Å². The number of aromatic nitrogens is 3. The zero-order valence-corrected chi connectivity index (χ0v) is 18.1. The summed E-state index contributed by atoms with van der Waals surface area (Å²) >= 11 is 0. The van der Waals surface area contributed by atoms with Crippen LogP contribution in [-0.2, 0) is 0 Å². The number of nitrogens with zero attached hydrogens (tertiary/aromatic N) is 3. The Hall–Kier alpha value is -4.60. The monoisotopic (exact) mass is 448 g/mol. The minimum absolute atomic E-state index is 0.316. The molecule has 168 valence electrons. The second-order valence-electron chi connectivity index (χ2n) is 6.60. The highest BCUT2D eigenvalue weighted by molar-refractivity contribution is 6.05. The van der Waals surface area contributed by atoms with Crippen LogP contribution in [0.3, 0.4) is 0 Å². The van der Waals surface area contributed by atoms with Gasteiger partial charge in [-0.2, -0.15) is 4.98 Å². The van der Waals surface area contributed by atoms with Crippen molar-refractivity contribution in [1.29, 1.82) is 0 Å². The first-order valence-corrected chi connectivity index (χ1v) is 9.74. The summed E-state index contributed by atoms with van der Waals surface area (Å²) in [6, 6.07) is 13.3. The normalized spacial score (nSPS) is 10.4. The number of anilines is 1. The minimum atomic E-state index is -0.359. The quantitative estimate of drug-likeness (QED) is 0.423. The highest BCUT2D eigenvalue weighted by Gasteiger charge is 2.17. The van der Waals surface area contributed by atoms with Crippen LogP contribution in [0.25, 0.3) is 11.5 Å². The molecule has 0 bridgehead atoms. The molecule has 4 aromatic rings. The molecule has 0 radical (unpaired) electrons. The van der Waals surface area contributed by atoms with Gasteiger partial charge in [0.2, 0.25) is 11.6 Å². The molecule has 0 aliphatic carbocycles. The zero-order valence-electron chi connectivity index (χ0n) is 18.1. The first-order valence-electron chi connectivity index (χ1n) is 9.74. The van der Waals surface area contributed by atoms with Crippen molar-refractivity contribution in [1.82, 2.24) is 15.1 Å². The molecule has 0 unspecified atom stereocenters. The van der Waals surface area contributed by atoms with E-state index < -0.39 is 0 Å². The van der Waals surface area contributed by atoms with Crippen LogP contribution in [0.2, 0.25) is 0 Å². The number of ether oxygens (including phenoxy) is 4. The summed E-state index contributed by atoms with van der Waals surface area (Å²) in [6.07, 6.45) is 2.99. The summed E-state index contributed by atoms with van der Waals surface area (Å²) in [6.45, 7) is 0. The Morgan fingerprint density at radius 2 is 1.76 bits per heavy atom. The van der Waals surface area contributed by atoms with Crippen LogP contribution < -0.4 is 24.3 Å². The third kappa shape index (κ3) is 4.85. The van der Waals surface area contributed by atoms with E-state index in [1.54, 1.807) is 54.7 Å². The van der Waals surface area contributed by atoms with Gasteiger partial charge in [-0.15, -0.1) is 0 Å². The smallest absolute Gasteiger partial charge is 0.255 e. The molecule has 1 amide bonds. The molecule has 1 N–H and O–H groups in total. The lowest BCUT2D eigenvalue weighted by atomic mass is 10.1. The predicted molar refractivity (Wildman–Crippen MR) is 118 cm³/mol. The maximum absolute atomic E-state index is 12.9. The predicted octanol–water partition coefficient (Wildman–Crippen LogP) is 4.20. The van der Waals surface area contributed by atoms with Gasteiger partial charge in [0.05, 0.1) is 21.3 Å². The van der Waals surface area contributed by atoms with Crippen LogP contribution in [0.15, 0.2) is 65.5 Å². The molecule has 4 rings (SSSR count). The molecule has 0 aliphatic rings. The van der Waals surface area contributed by atoms with E-state index in [2.05, 4.69) is 20.4 Å². The molecular weight excluding hydrogens is 428 g/mol. The third-order valence-corrected chi connectivity index (χ3v) is 4.54. The molecule has 10 heteroatoms. The van der Waals surface area contributed by atoms with E-state index in [-0.39, 0.29) is 5.91 Å². The van der Waals surface area contributed by atoms with E-state index in [1.807, 2.05) is 0 Å². The number of rotatable bonds is 8. The van der Waals surface area contributed by atoms with Crippen molar-refractivity contribution >= 4 is 11.6 Å². The van der Waals surface area contributed by atoms with E-state index in [4.69, 9.17) is 23.5 Å². The molecule has 0 atom stereocenters. The van der Waals surface area contributed by atoms with Gasteiger partial charge >= 0.3 is 0 Å². The summed E-state index contributed by atoms with van der Waals surface area (Å²) in [5.41, 5.74) is 1.35. The molecule has 0 aliphatic heterocycles. The van der Waals surface area contributed by atoms with E-state index in [0.29, 0.717) is 51.6 Å². The summed E-state index contributed by atoms with van der Waals surface area (Å²) < 4.78 is 26.6. The Bertz CT molecular complexity index is 1230. The summed E-state index contributed by atoms with van der Waals surface area (Å²) in [7, 11) is 4.47. The highest BCUT2D eigenvalue weighted by atomic mass is 16.5. The van der Waals surface area contributed by atoms with Crippen LogP contribution in [0, 0.1) is 0 Å². The average Bonchev–Trinajstić information content (AvgIpc) is 3.38. The van der Waals surface area contributed by atoms with Gasteiger partial charge in [-0.1, -0.05) is 11.2 Å². The fourth-order valence-corrected chi connectivity index (χ4v) is 3.02. The van der Waals surface area contributed by atoms with Gasteiger partial charge in [0, 0.05) is 35.6 Å². The molecule has 0 spiro atoms. The lowest BCUT2D eigenvalue weighted by molar-refractivity contribution is 0.102. The van der Waals surface area contributed by atoms with Crippen molar-refractivity contribution in [2.75, 3.05) is 26.6 Å². The van der Waals surface area contributed by atoms with Gasteiger partial charge in [0.15, 0.2) is 23.0 Å². The number of carbonyl (C=O) groups excluding carboxylic acids is 1. The zero-order chi connectivity index (χ0) is 23.2. The van der Waals surface area contributed by atoms with Gasteiger partial charge in [0.25, 0.3) is 5.91 Å². The fourth-order valence-electron chi connectivity index (χ4n) is 3.02. The van der Waals surface area contributed by atoms with Crippen LogP contribution in [-0.4, -0.2) is 42.4 Å². The van der Waals surface area contributed by atoms with E-state index in [9.17, 15) is 4.79 Å². The van der Waals surface area contributed by atoms with Crippen molar-refractivity contribution in [2.24, 2.45) is 0 Å². The average molecular weight is 448 g/mol. The number of benzene rings is 2. The summed E-state index contributed by atoms with van der Waals surface area (Å²) in [4.78, 5) is 21.3. The topological polar surface area (TPSA) is 118 Å². The van der Waals surface area contributed by atoms with Gasteiger partial charge in [-0.25, -0.2) is 4.98 Å². The van der Waals surface area contributed by atoms with Crippen molar-refractivity contribution in [3.05, 3.63) is 66.6 Å². The van der Waals surface area contributed by atoms with Crippen LogP contribution >= 0.6 is 0 Å². The second kappa shape index (κ2) is 9.69. The Morgan fingerprint density at radius 1 is 0.970 bits per heavy atom. The number of methoxy groups -OCH3 is 3. The molecule has 2 heterocycles. The van der Waals surface area contributed by atoms with Crippen LogP contribution in [0.5, 0.6) is 28.9 Å². The summed E-state index contributed by atoms with van der Waals surface area (Å²) in [5.74, 6) is 1.96. The molecule has 10 nitrogen and oxygen atoms in total. The second-order valence-corrected chi connectivity index (χ2v) is 6.60. The van der Waals surface area contributed by atoms with E-state index in [1.165, 1.54) is 27.6 Å². The lowest BCUT2D eigenvalue weighted by Crippen LogP contribution is -2.12. The first kappa shape index (κ1) is 21.6. The van der Waals surface area contributed by atoms with Crippen LogP contribution in [0.1, 0.15) is 10.4 Å². The van der Waals surface area contributed by atoms with Crippen molar-refractivity contribution < 1.29 is 28.3 Å². The molecule has 0 saturated carbocycles. The Balaban J connectivity index is 1.52. The Morgan fingerprint density at radius 3 is 2.42 bits per heavy atom. The number of hydrogen-bond acceptors (Lipinski definition) is 9. The maximum atomic E-state index is 12.9. The van der Waals surface area contributed by atoms with Crippen molar-refractivity contribution in [3.63, 3.8) is 0 Å². The van der Waals surface area contributed by atoms with Gasteiger partial charge in [-0.3, -0.25) is 4.79 Å². The maximum Gasteiger partial charge on any atom is 0.255 e. The summed E-state index contributed by atoms with van der Waals surface area (Å²) in [5, 5.41) is 6.65. The minimum Gasteiger partial charge on any atom is -0.493 e. The van der Waals surface area contributed by atoms with Gasteiger partial charge in [0.1, 0.15) is 12.0 Å². The largest absolute Gasteiger partial charge is 0.493 e. The van der Waals surface area contributed by atoms with Crippen molar-refractivity contribution in [2.45, 2.75) is 0 Å². The van der Waals surface area contributed by atoms with Crippen molar-refractivity contribution in [3.8, 4) is 40.4 Å². The number of carbonyl (C=O) groups is 1. The molecule has 2 aromatic heterocycles. The molecular formula is C23H20N4O6. The fraction of sp³-hybridized carbons (Fsp3) is 0.130. The van der Waals surface area contributed by atoms with Crippen LogP contribution in [0.4, 0.5) is 5.69 Å². The molecule has 2 aromatic carbocycles.